The third-order valence-electron chi connectivity index (χ3n) is 7.87. The molecule has 0 aromatic heterocycles. The van der Waals surface area contributed by atoms with Crippen LogP contribution in [0.4, 0.5) is 0 Å². The first kappa shape index (κ1) is 26.9. The first-order valence-corrected chi connectivity index (χ1v) is 13.8. The van der Waals surface area contributed by atoms with Gasteiger partial charge < -0.3 is 14.2 Å². The first-order chi connectivity index (χ1) is 18.0. The number of unbranched alkanes of at least 4 members (excludes halogenated alkanes) is 1. The Hall–Kier alpha value is -3.15. The fraction of sp³-hybridized carbons (Fsp3) is 0.516. The smallest absolute Gasteiger partial charge is 0.335 e. The fourth-order valence-corrected chi connectivity index (χ4v) is 5.62. The number of ether oxygens (including phenoxy) is 3. The van der Waals surface area contributed by atoms with Crippen LogP contribution in [0.25, 0.3) is 10.8 Å². The van der Waals surface area contributed by atoms with Crippen LogP contribution in [0.3, 0.4) is 0 Å². The molecule has 0 saturated heterocycles. The largest absolute Gasteiger partial charge is 0.462 e. The van der Waals surface area contributed by atoms with Gasteiger partial charge in [-0.1, -0.05) is 57.0 Å². The molecular formula is C31H38O6. The molecule has 2 aromatic carbocycles. The van der Waals surface area contributed by atoms with E-state index >= 15 is 0 Å². The molecule has 2 aromatic rings. The maximum absolute atomic E-state index is 13.0. The Morgan fingerprint density at radius 1 is 0.811 bits per heavy atom. The lowest BCUT2D eigenvalue weighted by molar-refractivity contribution is -0.158. The maximum atomic E-state index is 13.0. The SMILES string of the molecule is C=CC(=O)Oc1ccc(OC(=O)C2CCC(OC(=O)C3CCC(CCCC)CC3)CC2)c2ccccc12. The van der Waals surface area contributed by atoms with Crippen molar-refractivity contribution >= 4 is 28.7 Å². The minimum absolute atomic E-state index is 0.0302. The zero-order chi connectivity index (χ0) is 26.2. The number of benzene rings is 2. The first-order valence-electron chi connectivity index (χ1n) is 13.8. The molecule has 6 nitrogen and oxygen atoms in total. The van der Waals surface area contributed by atoms with Crippen LogP contribution in [-0.2, 0) is 19.1 Å². The summed E-state index contributed by atoms with van der Waals surface area (Å²) in [4.78, 5) is 37.4. The van der Waals surface area contributed by atoms with Gasteiger partial charge in [-0.2, -0.15) is 0 Å². The van der Waals surface area contributed by atoms with E-state index in [1.165, 1.54) is 19.3 Å². The number of carbonyl (C=O) groups is 3. The molecule has 4 rings (SSSR count). The molecule has 2 saturated carbocycles. The standard InChI is InChI=1S/C31H38O6/c1-3-5-8-21-11-13-22(14-12-21)30(33)35-24-17-15-23(16-18-24)31(34)37-28-20-19-27(36-29(32)4-2)25-9-6-7-10-26(25)28/h4,6-7,9-10,19-24H,2-3,5,8,11-18H2,1H3. The van der Waals surface area contributed by atoms with Crippen LogP contribution >= 0.6 is 0 Å². The van der Waals surface area contributed by atoms with Crippen LogP contribution in [0.5, 0.6) is 11.5 Å². The Morgan fingerprint density at radius 3 is 1.97 bits per heavy atom. The summed E-state index contributed by atoms with van der Waals surface area (Å²) in [5.41, 5.74) is 0. The van der Waals surface area contributed by atoms with Gasteiger partial charge in [0.15, 0.2) is 0 Å². The van der Waals surface area contributed by atoms with Crippen LogP contribution in [0.15, 0.2) is 49.1 Å². The van der Waals surface area contributed by atoms with Gasteiger partial charge in [-0.25, -0.2) is 4.79 Å². The molecule has 6 heteroatoms. The molecule has 0 atom stereocenters. The molecule has 2 aliphatic carbocycles. The predicted octanol–water partition coefficient (Wildman–Crippen LogP) is 6.94. The van der Waals surface area contributed by atoms with E-state index in [1.54, 1.807) is 12.1 Å². The predicted molar refractivity (Wildman–Crippen MR) is 142 cm³/mol. The Balaban J connectivity index is 1.27. The Labute approximate surface area is 219 Å². The Morgan fingerprint density at radius 2 is 1.38 bits per heavy atom. The molecule has 0 aliphatic heterocycles. The van der Waals surface area contributed by atoms with Crippen LogP contribution in [0.2, 0.25) is 0 Å². The molecule has 0 amide bonds. The van der Waals surface area contributed by atoms with E-state index in [4.69, 9.17) is 14.2 Å². The summed E-state index contributed by atoms with van der Waals surface area (Å²) < 4.78 is 17.0. The minimum Gasteiger partial charge on any atom is -0.462 e. The van der Waals surface area contributed by atoms with Gasteiger partial charge in [0, 0.05) is 16.8 Å². The second-order valence-corrected chi connectivity index (χ2v) is 10.4. The molecule has 0 unspecified atom stereocenters. The van der Waals surface area contributed by atoms with E-state index in [1.807, 2.05) is 24.3 Å². The summed E-state index contributed by atoms with van der Waals surface area (Å²) in [6.07, 6.45) is 11.5. The maximum Gasteiger partial charge on any atom is 0.335 e. The summed E-state index contributed by atoms with van der Waals surface area (Å²) >= 11 is 0. The van der Waals surface area contributed by atoms with Crippen molar-refractivity contribution in [1.29, 1.82) is 0 Å². The van der Waals surface area contributed by atoms with Gasteiger partial charge >= 0.3 is 17.9 Å². The van der Waals surface area contributed by atoms with Gasteiger partial charge in [0.05, 0.1) is 11.8 Å². The van der Waals surface area contributed by atoms with Gasteiger partial charge in [-0.05, 0) is 69.4 Å². The highest BCUT2D eigenvalue weighted by Gasteiger charge is 2.33. The van der Waals surface area contributed by atoms with Crippen molar-refractivity contribution in [3.05, 3.63) is 49.1 Å². The van der Waals surface area contributed by atoms with Gasteiger partial charge in [0.2, 0.25) is 0 Å². The molecule has 0 heterocycles. The van der Waals surface area contributed by atoms with Gasteiger partial charge in [0.1, 0.15) is 17.6 Å². The summed E-state index contributed by atoms with van der Waals surface area (Å²) in [5.74, 6) is 0.496. The summed E-state index contributed by atoms with van der Waals surface area (Å²) in [6, 6.07) is 10.6. The third kappa shape index (κ3) is 7.00. The number of hydrogen-bond donors (Lipinski definition) is 0. The van der Waals surface area contributed by atoms with E-state index < -0.39 is 5.97 Å². The van der Waals surface area contributed by atoms with E-state index in [2.05, 4.69) is 13.5 Å². The number of fused-ring (bicyclic) bond motifs is 1. The highest BCUT2D eigenvalue weighted by molar-refractivity contribution is 5.97. The van der Waals surface area contributed by atoms with Crippen molar-refractivity contribution < 1.29 is 28.6 Å². The molecule has 0 spiro atoms. The summed E-state index contributed by atoms with van der Waals surface area (Å²) in [7, 11) is 0. The van der Waals surface area contributed by atoms with Crippen molar-refractivity contribution in [3.63, 3.8) is 0 Å². The molecule has 0 bridgehead atoms. The number of hydrogen-bond acceptors (Lipinski definition) is 6. The number of esters is 3. The monoisotopic (exact) mass is 506 g/mol. The average Bonchev–Trinajstić information content (AvgIpc) is 2.93. The summed E-state index contributed by atoms with van der Waals surface area (Å²) in [6.45, 7) is 5.65. The molecule has 0 N–H and O–H groups in total. The molecule has 0 radical (unpaired) electrons. The van der Waals surface area contributed by atoms with Crippen molar-refractivity contribution in [3.8, 4) is 11.5 Å². The van der Waals surface area contributed by atoms with Gasteiger partial charge in [-0.15, -0.1) is 0 Å². The molecule has 37 heavy (non-hydrogen) atoms. The quantitative estimate of drug-likeness (QED) is 0.208. The van der Waals surface area contributed by atoms with Crippen LogP contribution in [0.1, 0.15) is 77.6 Å². The summed E-state index contributed by atoms with van der Waals surface area (Å²) in [5, 5.41) is 1.37. The van der Waals surface area contributed by atoms with Crippen LogP contribution in [-0.4, -0.2) is 24.0 Å². The lowest BCUT2D eigenvalue weighted by Gasteiger charge is -2.31. The van der Waals surface area contributed by atoms with Crippen molar-refractivity contribution in [2.75, 3.05) is 0 Å². The van der Waals surface area contributed by atoms with Crippen LogP contribution < -0.4 is 9.47 Å². The molecular weight excluding hydrogens is 468 g/mol. The Kier molecular flexibility index (Phi) is 9.37. The third-order valence-corrected chi connectivity index (χ3v) is 7.87. The highest BCUT2D eigenvalue weighted by Crippen LogP contribution is 2.36. The van der Waals surface area contributed by atoms with Crippen molar-refractivity contribution in [1.82, 2.24) is 0 Å². The van der Waals surface area contributed by atoms with E-state index in [9.17, 15) is 14.4 Å². The lowest BCUT2D eigenvalue weighted by atomic mass is 9.80. The zero-order valence-electron chi connectivity index (χ0n) is 21.8. The van der Waals surface area contributed by atoms with Crippen molar-refractivity contribution in [2.45, 2.75) is 83.7 Å². The van der Waals surface area contributed by atoms with E-state index in [0.717, 1.165) is 37.7 Å². The number of carbonyl (C=O) groups excluding carboxylic acids is 3. The lowest BCUT2D eigenvalue weighted by Crippen LogP contribution is -2.32. The molecule has 198 valence electrons. The normalized spacial score (nSPS) is 23.7. The number of rotatable bonds is 9. The second kappa shape index (κ2) is 12.9. The molecule has 2 fully saturated rings. The zero-order valence-corrected chi connectivity index (χ0v) is 21.8. The fourth-order valence-electron chi connectivity index (χ4n) is 5.62. The van der Waals surface area contributed by atoms with Crippen molar-refractivity contribution in [2.24, 2.45) is 17.8 Å². The minimum atomic E-state index is -0.549. The second-order valence-electron chi connectivity index (χ2n) is 10.4. The topological polar surface area (TPSA) is 78.9 Å². The van der Waals surface area contributed by atoms with E-state index in [-0.39, 0.29) is 29.9 Å². The van der Waals surface area contributed by atoms with E-state index in [0.29, 0.717) is 48.0 Å². The van der Waals surface area contributed by atoms with Gasteiger partial charge in [0.25, 0.3) is 0 Å². The highest BCUT2D eigenvalue weighted by atomic mass is 16.5. The van der Waals surface area contributed by atoms with Gasteiger partial charge in [-0.3, -0.25) is 9.59 Å². The Bertz CT molecular complexity index is 1110. The van der Waals surface area contributed by atoms with Crippen LogP contribution in [0, 0.1) is 17.8 Å². The average molecular weight is 507 g/mol. The molecule has 2 aliphatic rings.